The van der Waals surface area contributed by atoms with E-state index in [0.29, 0.717) is 5.92 Å². The molecule has 0 aliphatic heterocycles. The van der Waals surface area contributed by atoms with Crippen molar-refractivity contribution in [3.63, 3.8) is 0 Å². The van der Waals surface area contributed by atoms with E-state index in [1.54, 1.807) is 0 Å². The lowest BCUT2D eigenvalue weighted by molar-refractivity contribution is 0.612. The molecule has 0 aromatic rings. The quantitative estimate of drug-likeness (QED) is 0.413. The third-order valence-corrected chi connectivity index (χ3v) is 1.82. The Labute approximate surface area is 71.0 Å². The molecule has 0 saturated carbocycles. The zero-order chi connectivity index (χ0) is 8.69. The van der Waals surface area contributed by atoms with Gasteiger partial charge in [-0.1, -0.05) is 24.6 Å². The maximum Gasteiger partial charge on any atom is -0.0265 e. The van der Waals surface area contributed by atoms with E-state index in [-0.39, 0.29) is 0 Å². The third-order valence-electron chi connectivity index (χ3n) is 1.82. The van der Waals surface area contributed by atoms with Crippen molar-refractivity contribution in [1.29, 1.82) is 0 Å². The Hall–Kier alpha value is -0.520. The van der Waals surface area contributed by atoms with Crippen LogP contribution in [0, 0.1) is 5.92 Å². The monoisotopic (exact) mass is 152 g/mol. The fourth-order valence-electron chi connectivity index (χ4n) is 0.948. The number of unbranched alkanes of at least 4 members (excludes halogenated alkanes) is 1. The van der Waals surface area contributed by atoms with Crippen molar-refractivity contribution >= 4 is 0 Å². The maximum absolute atomic E-state index is 3.76. The lowest BCUT2D eigenvalue weighted by Crippen LogP contribution is -1.87. The summed E-state index contributed by atoms with van der Waals surface area (Å²) in [6.45, 7) is 10.3. The van der Waals surface area contributed by atoms with Crippen LogP contribution in [-0.4, -0.2) is 0 Å². The Kier molecular flexibility index (Phi) is 5.91. The van der Waals surface area contributed by atoms with Crippen LogP contribution in [0.25, 0.3) is 0 Å². The van der Waals surface area contributed by atoms with Crippen molar-refractivity contribution in [1.82, 2.24) is 0 Å². The highest BCUT2D eigenvalue weighted by Gasteiger charge is 1.93. The molecule has 0 N–H and O–H groups in total. The maximum atomic E-state index is 3.76. The van der Waals surface area contributed by atoms with Gasteiger partial charge in [-0.3, -0.25) is 0 Å². The molecule has 0 aliphatic carbocycles. The summed E-state index contributed by atoms with van der Waals surface area (Å²) in [5.41, 5.74) is 1.43. The minimum atomic E-state index is 0.681. The molecule has 0 bridgehead atoms. The van der Waals surface area contributed by atoms with E-state index < -0.39 is 0 Å². The normalized spacial score (nSPS) is 12.3. The van der Waals surface area contributed by atoms with Crippen LogP contribution < -0.4 is 0 Å². The van der Waals surface area contributed by atoms with Crippen LogP contribution in [0.4, 0.5) is 0 Å². The Morgan fingerprint density at radius 3 is 2.55 bits per heavy atom. The Morgan fingerprint density at radius 2 is 2.09 bits per heavy atom. The summed E-state index contributed by atoms with van der Waals surface area (Å²) in [4.78, 5) is 0. The first kappa shape index (κ1) is 10.5. The molecule has 0 heteroatoms. The SMILES string of the molecule is C=CC(C)CCCC=C(C)C. The van der Waals surface area contributed by atoms with Crippen molar-refractivity contribution in [3.05, 3.63) is 24.3 Å². The van der Waals surface area contributed by atoms with Gasteiger partial charge in [0, 0.05) is 0 Å². The number of allylic oxidation sites excluding steroid dienone is 3. The van der Waals surface area contributed by atoms with Gasteiger partial charge in [0.25, 0.3) is 0 Å². The third kappa shape index (κ3) is 7.38. The number of hydrogen-bond acceptors (Lipinski definition) is 0. The van der Waals surface area contributed by atoms with E-state index >= 15 is 0 Å². The van der Waals surface area contributed by atoms with Gasteiger partial charge in [-0.2, -0.15) is 0 Å². The van der Waals surface area contributed by atoms with Crippen molar-refractivity contribution in [2.24, 2.45) is 5.92 Å². The summed E-state index contributed by atoms with van der Waals surface area (Å²) in [7, 11) is 0. The molecule has 0 amide bonds. The van der Waals surface area contributed by atoms with Gasteiger partial charge in [0.2, 0.25) is 0 Å². The fourth-order valence-corrected chi connectivity index (χ4v) is 0.948. The largest absolute Gasteiger partial charge is 0.103 e. The summed E-state index contributed by atoms with van der Waals surface area (Å²) in [5.74, 6) is 0.681. The van der Waals surface area contributed by atoms with Gasteiger partial charge in [-0.25, -0.2) is 0 Å². The average molecular weight is 152 g/mol. The second-order valence-electron chi connectivity index (χ2n) is 3.43. The van der Waals surface area contributed by atoms with E-state index in [1.165, 1.54) is 24.8 Å². The molecule has 0 rings (SSSR count). The minimum absolute atomic E-state index is 0.681. The number of rotatable bonds is 5. The van der Waals surface area contributed by atoms with Crippen LogP contribution in [0.5, 0.6) is 0 Å². The Bertz CT molecular complexity index is 127. The first-order chi connectivity index (χ1) is 5.16. The predicted octanol–water partition coefficient (Wildman–Crippen LogP) is 3.95. The minimum Gasteiger partial charge on any atom is -0.103 e. The molecule has 0 aliphatic rings. The van der Waals surface area contributed by atoms with Crippen LogP contribution in [0.15, 0.2) is 24.3 Å². The van der Waals surface area contributed by atoms with Gasteiger partial charge in [0.1, 0.15) is 0 Å². The van der Waals surface area contributed by atoms with Crippen molar-refractivity contribution in [2.75, 3.05) is 0 Å². The second-order valence-corrected chi connectivity index (χ2v) is 3.43. The smallest absolute Gasteiger partial charge is 0.0265 e. The zero-order valence-electron chi connectivity index (χ0n) is 8.06. The summed E-state index contributed by atoms with van der Waals surface area (Å²) in [5, 5.41) is 0. The van der Waals surface area contributed by atoms with Crippen molar-refractivity contribution in [3.8, 4) is 0 Å². The molecule has 0 aromatic heterocycles. The summed E-state index contributed by atoms with van der Waals surface area (Å²) in [6, 6.07) is 0. The highest BCUT2D eigenvalue weighted by molar-refractivity contribution is 4.92. The lowest BCUT2D eigenvalue weighted by Gasteiger charge is -2.02. The van der Waals surface area contributed by atoms with E-state index in [9.17, 15) is 0 Å². The van der Waals surface area contributed by atoms with E-state index in [1.807, 2.05) is 6.08 Å². The fraction of sp³-hybridized carbons (Fsp3) is 0.636. The molecule has 1 unspecified atom stereocenters. The van der Waals surface area contributed by atoms with Crippen molar-refractivity contribution in [2.45, 2.75) is 40.0 Å². The van der Waals surface area contributed by atoms with E-state index in [0.717, 1.165) is 0 Å². The molecule has 0 spiro atoms. The molecule has 0 nitrogen and oxygen atoms in total. The van der Waals surface area contributed by atoms with Crippen molar-refractivity contribution < 1.29 is 0 Å². The van der Waals surface area contributed by atoms with E-state index in [4.69, 9.17) is 0 Å². The molecule has 1 atom stereocenters. The molecule has 64 valence electrons. The standard InChI is InChI=1S/C11H20/c1-5-11(4)9-7-6-8-10(2)3/h5,8,11H,1,6-7,9H2,2-4H3. The van der Waals surface area contributed by atoms with E-state index in [2.05, 4.69) is 33.4 Å². The summed E-state index contributed by atoms with van der Waals surface area (Å²) >= 11 is 0. The molecule has 0 saturated heterocycles. The molecule has 11 heavy (non-hydrogen) atoms. The van der Waals surface area contributed by atoms with Gasteiger partial charge < -0.3 is 0 Å². The van der Waals surface area contributed by atoms with Crippen LogP contribution in [-0.2, 0) is 0 Å². The van der Waals surface area contributed by atoms with Crippen LogP contribution >= 0.6 is 0 Å². The van der Waals surface area contributed by atoms with Gasteiger partial charge in [0.05, 0.1) is 0 Å². The first-order valence-corrected chi connectivity index (χ1v) is 4.42. The Balaban J connectivity index is 3.28. The molecular weight excluding hydrogens is 132 g/mol. The summed E-state index contributed by atoms with van der Waals surface area (Å²) < 4.78 is 0. The molecule has 0 radical (unpaired) electrons. The number of hydrogen-bond donors (Lipinski definition) is 0. The van der Waals surface area contributed by atoms with Crippen LogP contribution in [0.2, 0.25) is 0 Å². The lowest BCUT2D eigenvalue weighted by atomic mass is 10.0. The van der Waals surface area contributed by atoms with Gasteiger partial charge in [-0.15, -0.1) is 6.58 Å². The summed E-state index contributed by atoms with van der Waals surface area (Å²) in [6.07, 6.45) is 8.12. The highest BCUT2D eigenvalue weighted by atomic mass is 14.0. The highest BCUT2D eigenvalue weighted by Crippen LogP contribution is 2.09. The molecular formula is C11H20. The topological polar surface area (TPSA) is 0 Å². The predicted molar refractivity (Wildman–Crippen MR) is 52.6 cm³/mol. The van der Waals surface area contributed by atoms with Crippen LogP contribution in [0.1, 0.15) is 40.0 Å². The molecule has 0 heterocycles. The molecule has 0 fully saturated rings. The van der Waals surface area contributed by atoms with Gasteiger partial charge in [-0.05, 0) is 39.0 Å². The van der Waals surface area contributed by atoms with Gasteiger partial charge in [0.15, 0.2) is 0 Å². The first-order valence-electron chi connectivity index (χ1n) is 4.42. The average Bonchev–Trinajstić information content (AvgIpc) is 1.97. The zero-order valence-corrected chi connectivity index (χ0v) is 8.06. The van der Waals surface area contributed by atoms with Crippen LogP contribution in [0.3, 0.4) is 0 Å². The van der Waals surface area contributed by atoms with Gasteiger partial charge >= 0.3 is 0 Å². The molecule has 0 aromatic carbocycles. The second kappa shape index (κ2) is 6.21. The Morgan fingerprint density at radius 1 is 1.45 bits per heavy atom.